The third-order valence-corrected chi connectivity index (χ3v) is 4.51. The number of nitrogens with one attached hydrogen (secondary N) is 1. The van der Waals surface area contributed by atoms with Crippen molar-refractivity contribution >= 4 is 34.8 Å². The van der Waals surface area contributed by atoms with Crippen LogP contribution in [0.1, 0.15) is 48.7 Å². The van der Waals surface area contributed by atoms with E-state index in [2.05, 4.69) is 10.4 Å². The number of carbonyl (C=O) groups is 3. The van der Waals surface area contributed by atoms with E-state index in [1.807, 2.05) is 6.92 Å². The van der Waals surface area contributed by atoms with Crippen LogP contribution in [0.5, 0.6) is 0 Å². The molecule has 0 saturated carbocycles. The highest BCUT2D eigenvalue weighted by atomic mass is 16.4. The first-order valence-electron chi connectivity index (χ1n) is 9.06. The molecule has 7 nitrogen and oxygen atoms in total. The van der Waals surface area contributed by atoms with E-state index in [-0.39, 0.29) is 11.6 Å². The number of carboxylic acids is 1. The van der Waals surface area contributed by atoms with Gasteiger partial charge in [-0.1, -0.05) is 26.0 Å². The molecule has 0 aliphatic heterocycles. The normalized spacial score (nSPS) is 11.9. The summed E-state index contributed by atoms with van der Waals surface area (Å²) >= 11 is 0. The van der Waals surface area contributed by atoms with Crippen molar-refractivity contribution in [2.75, 3.05) is 5.32 Å². The lowest BCUT2D eigenvalue weighted by atomic mass is 9.97. The van der Waals surface area contributed by atoms with Crippen molar-refractivity contribution in [1.82, 2.24) is 9.78 Å². The highest BCUT2D eigenvalue weighted by molar-refractivity contribution is 6.04. The van der Waals surface area contributed by atoms with Crippen molar-refractivity contribution in [2.45, 2.75) is 32.6 Å². The molecule has 1 unspecified atom stereocenters. The van der Waals surface area contributed by atoms with Gasteiger partial charge in [0.05, 0.1) is 11.2 Å². The van der Waals surface area contributed by atoms with Crippen LogP contribution in [0.4, 0.5) is 5.69 Å². The molecule has 28 heavy (non-hydrogen) atoms. The lowest BCUT2D eigenvalue weighted by Crippen LogP contribution is -2.10. The lowest BCUT2D eigenvalue weighted by molar-refractivity contribution is -0.116. The summed E-state index contributed by atoms with van der Waals surface area (Å²) < 4.78 is 1.54. The van der Waals surface area contributed by atoms with Gasteiger partial charge in [-0.25, -0.2) is 9.48 Å². The summed E-state index contributed by atoms with van der Waals surface area (Å²) in [6.45, 7) is 3.66. The van der Waals surface area contributed by atoms with Crippen LogP contribution >= 0.6 is 0 Å². The van der Waals surface area contributed by atoms with E-state index in [0.717, 1.165) is 12.7 Å². The third-order valence-electron chi connectivity index (χ3n) is 4.51. The molecule has 2 aromatic carbocycles. The summed E-state index contributed by atoms with van der Waals surface area (Å²) in [5.41, 5.74) is 2.44. The minimum absolute atomic E-state index is 0.0551. The standard InChI is InChI=1S/C21H21N3O4/c1-3-5-18(26)22-14-8-10-15(11-9-14)24-17-7-4-6-16(13(2)12-25)19(17)20(23-24)21(27)28/h4,6-13H,3,5H2,1-2H3,(H,22,26)(H,27,28). The predicted octanol–water partition coefficient (Wildman–Crippen LogP) is 3.76. The van der Waals surface area contributed by atoms with Gasteiger partial charge in [0.15, 0.2) is 5.69 Å². The third kappa shape index (κ3) is 3.64. The van der Waals surface area contributed by atoms with Gasteiger partial charge >= 0.3 is 5.97 Å². The summed E-state index contributed by atoms with van der Waals surface area (Å²) in [7, 11) is 0. The molecule has 1 aromatic heterocycles. The fourth-order valence-electron chi connectivity index (χ4n) is 3.13. The Labute approximate surface area is 162 Å². The minimum atomic E-state index is -1.15. The Bertz CT molecular complexity index is 1040. The molecule has 1 amide bonds. The van der Waals surface area contributed by atoms with Crippen LogP contribution in [0.25, 0.3) is 16.6 Å². The maximum Gasteiger partial charge on any atom is 0.357 e. The molecular weight excluding hydrogens is 358 g/mol. The molecule has 1 heterocycles. The molecule has 3 aromatic rings. The topological polar surface area (TPSA) is 101 Å². The van der Waals surface area contributed by atoms with Gasteiger partial charge in [0.1, 0.15) is 6.29 Å². The molecular formula is C21H21N3O4. The number of carboxylic acid groups (broad SMARTS) is 1. The first-order valence-corrected chi connectivity index (χ1v) is 9.06. The fraction of sp³-hybridized carbons (Fsp3) is 0.238. The van der Waals surface area contributed by atoms with Crippen LogP contribution in [0.2, 0.25) is 0 Å². The van der Waals surface area contributed by atoms with E-state index in [0.29, 0.717) is 34.3 Å². The number of aromatic carboxylic acids is 1. The molecule has 0 saturated heterocycles. The maximum atomic E-state index is 11.7. The van der Waals surface area contributed by atoms with Crippen molar-refractivity contribution in [2.24, 2.45) is 0 Å². The Balaban J connectivity index is 2.07. The Hall–Kier alpha value is -3.48. The van der Waals surface area contributed by atoms with Gasteiger partial charge < -0.3 is 15.2 Å². The Kier molecular flexibility index (Phi) is 5.54. The number of hydrogen-bond donors (Lipinski definition) is 2. The SMILES string of the molecule is CCCC(=O)Nc1ccc(-n2nc(C(=O)O)c3c(C(C)C=O)cccc32)cc1. The molecule has 0 aliphatic carbocycles. The summed E-state index contributed by atoms with van der Waals surface area (Å²) in [5, 5.41) is 17.1. The maximum absolute atomic E-state index is 11.7. The predicted molar refractivity (Wildman–Crippen MR) is 106 cm³/mol. The van der Waals surface area contributed by atoms with E-state index in [4.69, 9.17) is 0 Å². The van der Waals surface area contributed by atoms with Crippen molar-refractivity contribution in [3.05, 3.63) is 53.7 Å². The number of carbonyl (C=O) groups excluding carboxylic acids is 2. The van der Waals surface area contributed by atoms with Gasteiger partial charge in [-0.15, -0.1) is 0 Å². The molecule has 3 rings (SSSR count). The lowest BCUT2D eigenvalue weighted by Gasteiger charge is -2.09. The number of rotatable bonds is 7. The molecule has 0 fully saturated rings. The van der Waals surface area contributed by atoms with Crippen LogP contribution in [0, 0.1) is 0 Å². The zero-order chi connectivity index (χ0) is 20.3. The fourth-order valence-corrected chi connectivity index (χ4v) is 3.13. The van der Waals surface area contributed by atoms with Gasteiger partial charge in [0.2, 0.25) is 5.91 Å². The largest absolute Gasteiger partial charge is 0.476 e. The van der Waals surface area contributed by atoms with Crippen LogP contribution in [-0.4, -0.2) is 33.0 Å². The number of fused-ring (bicyclic) bond motifs is 1. The van der Waals surface area contributed by atoms with Gasteiger partial charge in [0, 0.05) is 23.4 Å². The zero-order valence-corrected chi connectivity index (χ0v) is 15.7. The average molecular weight is 379 g/mol. The second-order valence-corrected chi connectivity index (χ2v) is 6.58. The van der Waals surface area contributed by atoms with Crippen molar-refractivity contribution in [3.63, 3.8) is 0 Å². The first-order chi connectivity index (χ1) is 13.5. The van der Waals surface area contributed by atoms with E-state index in [1.165, 1.54) is 4.68 Å². The molecule has 0 spiro atoms. The van der Waals surface area contributed by atoms with Gasteiger partial charge in [-0.2, -0.15) is 5.10 Å². The van der Waals surface area contributed by atoms with E-state index in [9.17, 15) is 19.5 Å². The highest BCUT2D eigenvalue weighted by Crippen LogP contribution is 2.30. The van der Waals surface area contributed by atoms with Crippen molar-refractivity contribution in [1.29, 1.82) is 0 Å². The Morgan fingerprint density at radius 3 is 2.54 bits per heavy atom. The molecule has 144 valence electrons. The smallest absolute Gasteiger partial charge is 0.357 e. The summed E-state index contributed by atoms with van der Waals surface area (Å²) in [5.74, 6) is -1.66. The number of hydrogen-bond acceptors (Lipinski definition) is 4. The molecule has 0 radical (unpaired) electrons. The number of aromatic nitrogens is 2. The average Bonchev–Trinajstić information content (AvgIpc) is 3.08. The van der Waals surface area contributed by atoms with Crippen LogP contribution < -0.4 is 5.32 Å². The molecule has 0 bridgehead atoms. The monoisotopic (exact) mass is 379 g/mol. The number of benzene rings is 2. The second kappa shape index (κ2) is 8.04. The van der Waals surface area contributed by atoms with E-state index < -0.39 is 11.9 Å². The minimum Gasteiger partial charge on any atom is -0.476 e. The number of nitrogens with zero attached hydrogens (tertiary/aromatic N) is 2. The second-order valence-electron chi connectivity index (χ2n) is 6.58. The first kappa shape index (κ1) is 19.3. The molecule has 1 atom stereocenters. The summed E-state index contributed by atoms with van der Waals surface area (Å²) in [6, 6.07) is 12.3. The molecule has 7 heteroatoms. The van der Waals surface area contributed by atoms with E-state index >= 15 is 0 Å². The Morgan fingerprint density at radius 2 is 1.93 bits per heavy atom. The quantitative estimate of drug-likeness (QED) is 0.609. The molecule has 2 N–H and O–H groups in total. The summed E-state index contributed by atoms with van der Waals surface area (Å²) in [6.07, 6.45) is 2.00. The van der Waals surface area contributed by atoms with Gasteiger partial charge in [-0.05, 0) is 42.3 Å². The number of anilines is 1. The van der Waals surface area contributed by atoms with Crippen LogP contribution in [-0.2, 0) is 9.59 Å². The van der Waals surface area contributed by atoms with Gasteiger partial charge in [0.25, 0.3) is 0 Å². The summed E-state index contributed by atoms with van der Waals surface area (Å²) in [4.78, 5) is 34.7. The van der Waals surface area contributed by atoms with Crippen LogP contribution in [0.15, 0.2) is 42.5 Å². The number of amides is 1. The van der Waals surface area contributed by atoms with Crippen molar-refractivity contribution < 1.29 is 19.5 Å². The molecule has 0 aliphatic rings. The van der Waals surface area contributed by atoms with E-state index in [1.54, 1.807) is 49.4 Å². The highest BCUT2D eigenvalue weighted by Gasteiger charge is 2.22. The Morgan fingerprint density at radius 1 is 1.21 bits per heavy atom. The van der Waals surface area contributed by atoms with Crippen molar-refractivity contribution in [3.8, 4) is 5.69 Å². The van der Waals surface area contributed by atoms with Crippen LogP contribution in [0.3, 0.4) is 0 Å². The zero-order valence-electron chi connectivity index (χ0n) is 15.7. The number of aldehydes is 1. The van der Waals surface area contributed by atoms with Gasteiger partial charge in [-0.3, -0.25) is 4.79 Å².